The van der Waals surface area contributed by atoms with Crippen molar-refractivity contribution in [3.63, 3.8) is 0 Å². The van der Waals surface area contributed by atoms with E-state index in [1.807, 2.05) is 20.8 Å². The van der Waals surface area contributed by atoms with Gasteiger partial charge in [-0.2, -0.15) is 22.0 Å². The number of methoxy groups -OCH3 is 1. The van der Waals surface area contributed by atoms with Crippen molar-refractivity contribution in [2.45, 2.75) is 51.0 Å². The van der Waals surface area contributed by atoms with E-state index >= 15 is 0 Å². The lowest BCUT2D eigenvalue weighted by molar-refractivity contribution is -0.291. The van der Waals surface area contributed by atoms with E-state index in [9.17, 15) is 22.0 Å². The molecule has 22 heavy (non-hydrogen) atoms. The van der Waals surface area contributed by atoms with Crippen molar-refractivity contribution < 1.29 is 31.4 Å². The van der Waals surface area contributed by atoms with Crippen LogP contribution in [0.2, 0.25) is 0 Å². The summed E-state index contributed by atoms with van der Waals surface area (Å²) >= 11 is 0. The summed E-state index contributed by atoms with van der Waals surface area (Å²) in [5.41, 5.74) is -0.210. The summed E-state index contributed by atoms with van der Waals surface area (Å²) < 4.78 is 73.4. The van der Waals surface area contributed by atoms with Crippen LogP contribution in [0.3, 0.4) is 0 Å². The van der Waals surface area contributed by atoms with E-state index in [1.165, 1.54) is 24.3 Å². The minimum atomic E-state index is -5.60. The maximum atomic E-state index is 13.1. The fourth-order valence-corrected chi connectivity index (χ4v) is 1.79. The van der Waals surface area contributed by atoms with E-state index < -0.39 is 30.2 Å². The minimum Gasteiger partial charge on any atom is -0.488 e. The predicted octanol–water partition coefficient (Wildman–Crippen LogP) is 5.14. The Morgan fingerprint density at radius 3 is 1.82 bits per heavy atom. The van der Waals surface area contributed by atoms with Gasteiger partial charge in [0.1, 0.15) is 11.4 Å². The minimum absolute atomic E-state index is 0.229. The quantitative estimate of drug-likeness (QED) is 0.698. The van der Waals surface area contributed by atoms with Gasteiger partial charge in [-0.25, -0.2) is 0 Å². The van der Waals surface area contributed by atoms with Crippen molar-refractivity contribution in [2.24, 2.45) is 0 Å². The molecule has 0 aliphatic carbocycles. The van der Waals surface area contributed by atoms with Crippen LogP contribution < -0.4 is 4.74 Å². The zero-order chi connectivity index (χ0) is 17.2. The van der Waals surface area contributed by atoms with Crippen LogP contribution in [0.25, 0.3) is 0 Å². The second kappa shape index (κ2) is 6.40. The van der Waals surface area contributed by atoms with Gasteiger partial charge in [-0.3, -0.25) is 0 Å². The van der Waals surface area contributed by atoms with Crippen LogP contribution in [0.5, 0.6) is 5.75 Å². The molecule has 0 saturated carbocycles. The third-order valence-electron chi connectivity index (χ3n) is 2.82. The van der Waals surface area contributed by atoms with Crippen LogP contribution in [0.4, 0.5) is 22.0 Å². The van der Waals surface area contributed by atoms with Crippen LogP contribution in [0.15, 0.2) is 24.3 Å². The van der Waals surface area contributed by atoms with Gasteiger partial charge in [0, 0.05) is 7.11 Å². The van der Waals surface area contributed by atoms with Crippen molar-refractivity contribution in [2.75, 3.05) is 7.11 Å². The van der Waals surface area contributed by atoms with Crippen LogP contribution in [-0.2, 0) is 4.74 Å². The Bertz CT molecular complexity index is 474. The highest BCUT2D eigenvalue weighted by atomic mass is 19.4. The van der Waals surface area contributed by atoms with E-state index in [4.69, 9.17) is 9.47 Å². The molecular formula is C15H19F5O2. The third-order valence-corrected chi connectivity index (χ3v) is 2.82. The lowest BCUT2D eigenvalue weighted by Gasteiger charge is -2.25. The molecule has 0 radical (unpaired) electrons. The molecule has 7 heteroatoms. The standard InChI is InChI=1S/C15H19F5O2/c1-13(2,3)22-11-7-5-10(6-8-11)12(21-4)9-14(16,17)15(18,19)20/h5-8,12H,9H2,1-4H3. The Kier molecular flexibility index (Phi) is 5.43. The largest absolute Gasteiger partial charge is 0.488 e. The molecular weight excluding hydrogens is 307 g/mol. The predicted molar refractivity (Wildman–Crippen MR) is 72.2 cm³/mol. The van der Waals surface area contributed by atoms with Crippen molar-refractivity contribution in [1.82, 2.24) is 0 Å². The van der Waals surface area contributed by atoms with Gasteiger partial charge in [0.15, 0.2) is 0 Å². The summed E-state index contributed by atoms with van der Waals surface area (Å²) in [6.45, 7) is 5.51. The first kappa shape index (κ1) is 18.7. The molecule has 1 atom stereocenters. The highest BCUT2D eigenvalue weighted by Gasteiger charge is 2.58. The molecule has 0 aliphatic rings. The van der Waals surface area contributed by atoms with E-state index in [0.717, 1.165) is 7.11 Å². The number of alkyl halides is 5. The maximum Gasteiger partial charge on any atom is 0.453 e. The van der Waals surface area contributed by atoms with Crippen LogP contribution in [0, 0.1) is 0 Å². The van der Waals surface area contributed by atoms with Gasteiger partial charge in [0.05, 0.1) is 12.5 Å². The molecule has 126 valence electrons. The Hall–Kier alpha value is -1.37. The molecule has 0 bridgehead atoms. The highest BCUT2D eigenvalue weighted by Crippen LogP contribution is 2.42. The van der Waals surface area contributed by atoms with E-state index in [2.05, 4.69) is 0 Å². The summed E-state index contributed by atoms with van der Waals surface area (Å²) in [6, 6.07) is 5.86. The normalized spacial score (nSPS) is 14.8. The second-order valence-corrected chi connectivity index (χ2v) is 5.91. The van der Waals surface area contributed by atoms with Crippen LogP contribution >= 0.6 is 0 Å². The monoisotopic (exact) mass is 326 g/mol. The summed E-state index contributed by atoms with van der Waals surface area (Å²) in [6.07, 6.45) is -8.42. The van der Waals surface area contributed by atoms with E-state index in [0.29, 0.717) is 5.75 Å². The first-order chi connectivity index (χ1) is 9.86. The van der Waals surface area contributed by atoms with Crippen molar-refractivity contribution in [3.8, 4) is 5.75 Å². The van der Waals surface area contributed by atoms with Gasteiger partial charge in [-0.05, 0) is 38.5 Å². The molecule has 0 heterocycles. The lowest BCUT2D eigenvalue weighted by Crippen LogP contribution is -2.38. The lowest BCUT2D eigenvalue weighted by atomic mass is 10.0. The van der Waals surface area contributed by atoms with Gasteiger partial charge in [0.2, 0.25) is 0 Å². The topological polar surface area (TPSA) is 18.5 Å². The second-order valence-electron chi connectivity index (χ2n) is 5.91. The number of hydrogen-bond donors (Lipinski definition) is 0. The van der Waals surface area contributed by atoms with Gasteiger partial charge >= 0.3 is 12.1 Å². The Morgan fingerprint density at radius 2 is 1.45 bits per heavy atom. The molecule has 0 amide bonds. The Morgan fingerprint density at radius 1 is 0.955 bits per heavy atom. The summed E-state index contributed by atoms with van der Waals surface area (Å²) in [7, 11) is 1.09. The first-order valence-electron chi connectivity index (χ1n) is 6.62. The van der Waals surface area contributed by atoms with Gasteiger partial charge in [-0.15, -0.1) is 0 Å². The van der Waals surface area contributed by atoms with Crippen molar-refractivity contribution >= 4 is 0 Å². The van der Waals surface area contributed by atoms with E-state index in [-0.39, 0.29) is 5.56 Å². The number of hydrogen-bond acceptors (Lipinski definition) is 2. The Balaban J connectivity index is 2.88. The average molecular weight is 326 g/mol. The fourth-order valence-electron chi connectivity index (χ4n) is 1.79. The van der Waals surface area contributed by atoms with Gasteiger partial charge < -0.3 is 9.47 Å². The zero-order valence-electron chi connectivity index (χ0n) is 12.8. The molecule has 0 aromatic heterocycles. The molecule has 0 aliphatic heterocycles. The molecule has 2 nitrogen and oxygen atoms in total. The molecule has 1 unspecified atom stereocenters. The first-order valence-corrected chi connectivity index (χ1v) is 6.62. The maximum absolute atomic E-state index is 13.1. The van der Waals surface area contributed by atoms with Crippen molar-refractivity contribution in [1.29, 1.82) is 0 Å². The summed E-state index contributed by atoms with van der Waals surface area (Å²) in [5, 5.41) is 0. The fraction of sp³-hybridized carbons (Fsp3) is 0.600. The number of ether oxygens (including phenoxy) is 2. The zero-order valence-corrected chi connectivity index (χ0v) is 12.8. The third kappa shape index (κ3) is 5.12. The van der Waals surface area contributed by atoms with Crippen molar-refractivity contribution in [3.05, 3.63) is 29.8 Å². The number of rotatable bonds is 5. The summed E-state index contributed by atoms with van der Waals surface area (Å²) in [5.74, 6) is -4.32. The molecule has 0 fully saturated rings. The van der Waals surface area contributed by atoms with E-state index in [1.54, 1.807) is 0 Å². The highest BCUT2D eigenvalue weighted by molar-refractivity contribution is 5.29. The number of halogens is 5. The van der Waals surface area contributed by atoms with Crippen LogP contribution in [0.1, 0.15) is 38.9 Å². The van der Waals surface area contributed by atoms with Gasteiger partial charge in [-0.1, -0.05) is 12.1 Å². The molecule has 1 rings (SSSR count). The molecule has 0 N–H and O–H groups in total. The Labute approximate surface area is 126 Å². The average Bonchev–Trinajstić information content (AvgIpc) is 2.34. The smallest absolute Gasteiger partial charge is 0.453 e. The summed E-state index contributed by atoms with van der Waals surface area (Å²) in [4.78, 5) is 0. The van der Waals surface area contributed by atoms with Gasteiger partial charge in [0.25, 0.3) is 0 Å². The molecule has 0 spiro atoms. The molecule has 0 saturated heterocycles. The van der Waals surface area contributed by atoms with Crippen LogP contribution in [-0.4, -0.2) is 24.8 Å². The molecule has 1 aromatic rings. The molecule has 1 aromatic carbocycles. The number of benzene rings is 1. The SMILES string of the molecule is COC(CC(F)(F)C(F)(F)F)c1ccc(OC(C)(C)C)cc1.